The number of hydrazine groups is 1. The van der Waals surface area contributed by atoms with E-state index in [2.05, 4.69) is 34.9 Å². The van der Waals surface area contributed by atoms with Gasteiger partial charge in [0.25, 0.3) is 5.56 Å². The van der Waals surface area contributed by atoms with Crippen molar-refractivity contribution in [2.45, 2.75) is 13.8 Å². The number of nitrogens with one attached hydrogen (secondary N) is 3. The van der Waals surface area contributed by atoms with Gasteiger partial charge in [0, 0.05) is 5.70 Å². The van der Waals surface area contributed by atoms with E-state index in [1.807, 2.05) is 6.08 Å². The van der Waals surface area contributed by atoms with Crippen molar-refractivity contribution in [1.82, 2.24) is 15.6 Å². The first-order valence-electron chi connectivity index (χ1n) is 4.50. The second-order valence-electron chi connectivity index (χ2n) is 3.53. The summed E-state index contributed by atoms with van der Waals surface area (Å²) >= 11 is 0. The molecule has 0 radical (unpaired) electrons. The van der Waals surface area contributed by atoms with Gasteiger partial charge in [0.1, 0.15) is 0 Å². The summed E-state index contributed by atoms with van der Waals surface area (Å²) in [6.45, 7) is 4.11. The Balaban J connectivity index is 2.53. The number of rotatable bonds is 1. The van der Waals surface area contributed by atoms with Crippen LogP contribution in [0.1, 0.15) is 19.4 Å². The SMILES string of the molecule is CC(C)C1=Cc2c(cn[nH]c2=O)NN1. The molecule has 0 spiro atoms. The van der Waals surface area contributed by atoms with Gasteiger partial charge in [0.05, 0.1) is 17.4 Å². The van der Waals surface area contributed by atoms with Crippen LogP contribution >= 0.6 is 0 Å². The molecule has 3 N–H and O–H groups in total. The highest BCUT2D eigenvalue weighted by atomic mass is 16.1. The van der Waals surface area contributed by atoms with Gasteiger partial charge >= 0.3 is 0 Å². The molecule has 1 aliphatic heterocycles. The minimum atomic E-state index is -0.172. The Kier molecular flexibility index (Phi) is 1.99. The van der Waals surface area contributed by atoms with Crippen LogP contribution in [0.25, 0.3) is 6.08 Å². The Morgan fingerprint density at radius 1 is 1.36 bits per heavy atom. The number of H-pyrrole nitrogens is 1. The average molecular weight is 192 g/mol. The van der Waals surface area contributed by atoms with E-state index in [-0.39, 0.29) is 5.56 Å². The lowest BCUT2D eigenvalue weighted by molar-refractivity contribution is 0.696. The lowest BCUT2D eigenvalue weighted by Gasteiger charge is -2.21. The van der Waals surface area contributed by atoms with E-state index < -0.39 is 0 Å². The molecule has 0 aromatic carbocycles. The first-order chi connectivity index (χ1) is 6.68. The lowest BCUT2D eigenvalue weighted by Crippen LogP contribution is -2.30. The zero-order chi connectivity index (χ0) is 10.1. The molecule has 74 valence electrons. The highest BCUT2D eigenvalue weighted by molar-refractivity contribution is 5.68. The molecule has 2 heterocycles. The maximum absolute atomic E-state index is 11.4. The predicted octanol–water partition coefficient (Wildman–Crippen LogP) is 0.697. The maximum atomic E-state index is 11.4. The van der Waals surface area contributed by atoms with Crippen molar-refractivity contribution in [2.75, 3.05) is 5.43 Å². The number of anilines is 1. The van der Waals surface area contributed by atoms with Crippen LogP contribution in [0.2, 0.25) is 0 Å². The van der Waals surface area contributed by atoms with E-state index >= 15 is 0 Å². The van der Waals surface area contributed by atoms with E-state index in [4.69, 9.17) is 0 Å². The van der Waals surface area contributed by atoms with Crippen LogP contribution in [-0.2, 0) is 0 Å². The van der Waals surface area contributed by atoms with Crippen molar-refractivity contribution in [2.24, 2.45) is 5.92 Å². The fourth-order valence-electron chi connectivity index (χ4n) is 1.29. The van der Waals surface area contributed by atoms with Crippen molar-refractivity contribution in [3.8, 4) is 0 Å². The van der Waals surface area contributed by atoms with Gasteiger partial charge in [-0.1, -0.05) is 13.8 Å². The van der Waals surface area contributed by atoms with Crippen molar-refractivity contribution in [1.29, 1.82) is 0 Å². The second-order valence-corrected chi connectivity index (χ2v) is 3.53. The monoisotopic (exact) mass is 192 g/mol. The Morgan fingerprint density at radius 3 is 2.86 bits per heavy atom. The van der Waals surface area contributed by atoms with Crippen LogP contribution in [-0.4, -0.2) is 10.2 Å². The first kappa shape index (κ1) is 8.80. The summed E-state index contributed by atoms with van der Waals surface area (Å²) in [5, 5.41) is 6.10. The van der Waals surface area contributed by atoms with Crippen LogP contribution in [0.3, 0.4) is 0 Å². The molecule has 0 bridgehead atoms. The van der Waals surface area contributed by atoms with Gasteiger partial charge in [-0.25, -0.2) is 5.10 Å². The molecule has 1 aromatic rings. The number of aromatic nitrogens is 2. The summed E-state index contributed by atoms with van der Waals surface area (Å²) in [6, 6.07) is 0. The van der Waals surface area contributed by atoms with E-state index in [1.165, 1.54) is 0 Å². The third-order valence-electron chi connectivity index (χ3n) is 2.16. The largest absolute Gasteiger partial charge is 0.305 e. The van der Waals surface area contributed by atoms with Crippen molar-refractivity contribution < 1.29 is 0 Å². The summed E-state index contributed by atoms with van der Waals surface area (Å²) < 4.78 is 0. The molecule has 0 aliphatic carbocycles. The zero-order valence-corrected chi connectivity index (χ0v) is 8.09. The molecular weight excluding hydrogens is 180 g/mol. The van der Waals surface area contributed by atoms with Crippen molar-refractivity contribution in [3.05, 3.63) is 27.8 Å². The van der Waals surface area contributed by atoms with Gasteiger partial charge < -0.3 is 5.43 Å². The Bertz CT molecular complexity index is 433. The van der Waals surface area contributed by atoms with Gasteiger partial charge in [-0.05, 0) is 12.0 Å². The van der Waals surface area contributed by atoms with E-state index in [0.29, 0.717) is 17.2 Å². The highest BCUT2D eigenvalue weighted by Crippen LogP contribution is 2.19. The molecular formula is C9H12N4O. The number of fused-ring (bicyclic) bond motifs is 1. The summed E-state index contributed by atoms with van der Waals surface area (Å²) in [4.78, 5) is 11.4. The molecule has 5 heteroatoms. The summed E-state index contributed by atoms with van der Waals surface area (Å²) in [5.41, 5.74) is 8.11. The van der Waals surface area contributed by atoms with E-state index in [0.717, 1.165) is 5.70 Å². The molecule has 1 aliphatic rings. The molecule has 5 nitrogen and oxygen atoms in total. The minimum absolute atomic E-state index is 0.172. The molecule has 0 atom stereocenters. The molecule has 0 amide bonds. The van der Waals surface area contributed by atoms with Crippen LogP contribution in [0, 0.1) is 5.92 Å². The van der Waals surface area contributed by atoms with E-state index in [1.54, 1.807) is 6.20 Å². The third-order valence-corrected chi connectivity index (χ3v) is 2.16. The molecule has 2 rings (SSSR count). The second kappa shape index (κ2) is 3.17. The minimum Gasteiger partial charge on any atom is -0.305 e. The maximum Gasteiger partial charge on any atom is 0.273 e. The average Bonchev–Trinajstić information content (AvgIpc) is 2.18. The standard InChI is InChI=1S/C9H12N4O/c1-5(2)7-3-6-8(12-11-7)4-10-13-9(6)14/h3-5,11-12H,1-2H3,(H,13,14). The fourth-order valence-corrected chi connectivity index (χ4v) is 1.29. The van der Waals surface area contributed by atoms with Gasteiger partial charge in [-0.2, -0.15) is 5.10 Å². The molecule has 0 saturated carbocycles. The van der Waals surface area contributed by atoms with Gasteiger partial charge in [0.15, 0.2) is 0 Å². The number of hydrogen-bond acceptors (Lipinski definition) is 4. The van der Waals surface area contributed by atoms with Crippen LogP contribution < -0.4 is 16.4 Å². The zero-order valence-electron chi connectivity index (χ0n) is 8.09. The smallest absolute Gasteiger partial charge is 0.273 e. The summed E-state index contributed by atoms with van der Waals surface area (Å²) in [6.07, 6.45) is 3.42. The van der Waals surface area contributed by atoms with Crippen LogP contribution in [0.5, 0.6) is 0 Å². The number of allylic oxidation sites excluding steroid dienone is 1. The fraction of sp³-hybridized carbons (Fsp3) is 0.333. The van der Waals surface area contributed by atoms with Gasteiger partial charge in [-0.3, -0.25) is 10.2 Å². The van der Waals surface area contributed by atoms with Crippen LogP contribution in [0.15, 0.2) is 16.7 Å². The predicted molar refractivity (Wildman–Crippen MR) is 54.4 cm³/mol. The lowest BCUT2D eigenvalue weighted by atomic mass is 10.1. The first-order valence-corrected chi connectivity index (χ1v) is 4.50. The number of nitrogens with zero attached hydrogens (tertiary/aromatic N) is 1. The van der Waals surface area contributed by atoms with Gasteiger partial charge in [0.2, 0.25) is 0 Å². The Labute approximate surface area is 81.2 Å². The number of aromatic amines is 1. The molecule has 0 saturated heterocycles. The normalized spacial score (nSPS) is 14.1. The van der Waals surface area contributed by atoms with Gasteiger partial charge in [-0.15, -0.1) is 0 Å². The summed E-state index contributed by atoms with van der Waals surface area (Å²) in [5.74, 6) is 0.350. The molecule has 1 aromatic heterocycles. The van der Waals surface area contributed by atoms with Crippen molar-refractivity contribution >= 4 is 11.8 Å². The Hall–Kier alpha value is -1.78. The van der Waals surface area contributed by atoms with E-state index in [9.17, 15) is 4.79 Å². The van der Waals surface area contributed by atoms with Crippen LogP contribution in [0.4, 0.5) is 5.69 Å². The third kappa shape index (κ3) is 1.37. The topological polar surface area (TPSA) is 69.8 Å². The Morgan fingerprint density at radius 2 is 2.14 bits per heavy atom. The highest BCUT2D eigenvalue weighted by Gasteiger charge is 2.13. The summed E-state index contributed by atoms with van der Waals surface area (Å²) in [7, 11) is 0. The van der Waals surface area contributed by atoms with Crippen molar-refractivity contribution in [3.63, 3.8) is 0 Å². The molecule has 14 heavy (non-hydrogen) atoms. The molecule has 0 unspecified atom stereocenters. The quantitative estimate of drug-likeness (QED) is 0.612. The number of hydrogen-bond donors (Lipinski definition) is 3. The molecule has 0 fully saturated rings.